The van der Waals surface area contributed by atoms with Gasteiger partial charge < -0.3 is 20.1 Å². The van der Waals surface area contributed by atoms with Gasteiger partial charge in [0.15, 0.2) is 0 Å². The fourth-order valence-electron chi connectivity index (χ4n) is 2.15. The monoisotopic (exact) mass is 258 g/mol. The molecule has 5 nitrogen and oxygen atoms in total. The van der Waals surface area contributed by atoms with Gasteiger partial charge in [0.25, 0.3) is 0 Å². The Bertz CT molecular complexity index is 224. The van der Waals surface area contributed by atoms with Crippen LogP contribution in [0.1, 0.15) is 32.6 Å². The van der Waals surface area contributed by atoms with Gasteiger partial charge in [-0.25, -0.2) is 0 Å². The van der Waals surface area contributed by atoms with Gasteiger partial charge in [-0.3, -0.25) is 4.79 Å². The molecule has 1 saturated heterocycles. The lowest BCUT2D eigenvalue weighted by Crippen LogP contribution is -2.45. The van der Waals surface area contributed by atoms with Crippen LogP contribution in [0.4, 0.5) is 0 Å². The van der Waals surface area contributed by atoms with Crippen LogP contribution in [0.3, 0.4) is 0 Å². The van der Waals surface area contributed by atoms with Gasteiger partial charge in [-0.15, -0.1) is 0 Å². The van der Waals surface area contributed by atoms with Crippen molar-refractivity contribution >= 4 is 5.91 Å². The molecule has 106 valence electrons. The van der Waals surface area contributed by atoms with Gasteiger partial charge in [-0.1, -0.05) is 13.3 Å². The maximum Gasteiger partial charge on any atom is 0.234 e. The number of methoxy groups -OCH3 is 1. The van der Waals surface area contributed by atoms with Crippen molar-refractivity contribution in [1.82, 2.24) is 10.6 Å². The van der Waals surface area contributed by atoms with E-state index in [1.54, 1.807) is 7.11 Å². The van der Waals surface area contributed by atoms with Gasteiger partial charge in [-0.05, 0) is 19.3 Å². The van der Waals surface area contributed by atoms with E-state index in [0.29, 0.717) is 13.2 Å². The highest BCUT2D eigenvalue weighted by molar-refractivity contribution is 5.78. The molecular weight excluding hydrogens is 232 g/mol. The Kier molecular flexibility index (Phi) is 7.96. The number of carbonyl (C=O) groups excluding carboxylic acids is 1. The average molecular weight is 258 g/mol. The summed E-state index contributed by atoms with van der Waals surface area (Å²) in [6.45, 7) is 4.65. The number of amides is 1. The highest BCUT2D eigenvalue weighted by atomic mass is 16.5. The number of rotatable bonds is 8. The first kappa shape index (κ1) is 15.4. The van der Waals surface area contributed by atoms with Crippen LogP contribution in [0.2, 0.25) is 0 Å². The molecule has 0 aliphatic carbocycles. The molecule has 5 heteroatoms. The highest BCUT2D eigenvalue weighted by Crippen LogP contribution is 2.05. The van der Waals surface area contributed by atoms with Crippen molar-refractivity contribution < 1.29 is 14.3 Å². The van der Waals surface area contributed by atoms with Gasteiger partial charge in [-0.2, -0.15) is 0 Å². The first-order chi connectivity index (χ1) is 8.76. The molecule has 0 radical (unpaired) electrons. The number of hydrogen-bond acceptors (Lipinski definition) is 4. The molecule has 0 spiro atoms. The van der Waals surface area contributed by atoms with Crippen LogP contribution in [-0.4, -0.2) is 51.5 Å². The molecule has 1 unspecified atom stereocenters. The molecule has 0 saturated carbocycles. The predicted molar refractivity (Wildman–Crippen MR) is 70.6 cm³/mol. The Hall–Kier alpha value is -0.650. The Morgan fingerprint density at radius 2 is 2.17 bits per heavy atom. The lowest BCUT2D eigenvalue weighted by molar-refractivity contribution is -0.121. The van der Waals surface area contributed by atoms with Crippen molar-refractivity contribution in [3.05, 3.63) is 0 Å². The smallest absolute Gasteiger partial charge is 0.234 e. The molecule has 1 aliphatic rings. The number of nitrogens with one attached hydrogen (secondary N) is 2. The quantitative estimate of drug-likeness (QED) is 0.672. The maximum atomic E-state index is 11.8. The van der Waals surface area contributed by atoms with Gasteiger partial charge >= 0.3 is 0 Å². The van der Waals surface area contributed by atoms with Crippen molar-refractivity contribution in [2.75, 3.05) is 33.5 Å². The van der Waals surface area contributed by atoms with E-state index in [9.17, 15) is 4.79 Å². The fourth-order valence-corrected chi connectivity index (χ4v) is 2.15. The predicted octanol–water partition coefficient (Wildman–Crippen LogP) is 0.686. The zero-order valence-corrected chi connectivity index (χ0v) is 11.5. The molecule has 0 aromatic carbocycles. The Morgan fingerprint density at radius 3 is 2.78 bits per heavy atom. The summed E-state index contributed by atoms with van der Waals surface area (Å²) < 4.78 is 10.4. The zero-order valence-electron chi connectivity index (χ0n) is 11.5. The first-order valence-electron chi connectivity index (χ1n) is 6.85. The first-order valence-corrected chi connectivity index (χ1v) is 6.85. The van der Waals surface area contributed by atoms with E-state index in [-0.39, 0.29) is 18.0 Å². The van der Waals surface area contributed by atoms with Crippen LogP contribution in [-0.2, 0) is 14.3 Å². The van der Waals surface area contributed by atoms with Crippen molar-refractivity contribution in [2.24, 2.45) is 0 Å². The summed E-state index contributed by atoms with van der Waals surface area (Å²) in [5.74, 6) is 0.0686. The summed E-state index contributed by atoms with van der Waals surface area (Å²) in [6.07, 6.45) is 3.95. The number of carbonyl (C=O) groups is 1. The molecule has 0 aromatic rings. The molecule has 1 heterocycles. The van der Waals surface area contributed by atoms with Crippen LogP contribution in [0.5, 0.6) is 0 Å². The second-order valence-corrected chi connectivity index (χ2v) is 4.78. The second kappa shape index (κ2) is 9.30. The molecule has 2 N–H and O–H groups in total. The van der Waals surface area contributed by atoms with Crippen molar-refractivity contribution in [1.29, 1.82) is 0 Å². The van der Waals surface area contributed by atoms with E-state index in [0.717, 1.165) is 38.9 Å². The zero-order chi connectivity index (χ0) is 13.2. The van der Waals surface area contributed by atoms with E-state index in [1.807, 2.05) is 0 Å². The standard InChI is InChI=1S/C13H26N2O3/c1-3-4-12(10-17-2)14-9-13(16)15-11-5-7-18-8-6-11/h11-12,14H,3-10H2,1-2H3,(H,15,16). The number of ether oxygens (including phenoxy) is 2. The van der Waals surface area contributed by atoms with E-state index >= 15 is 0 Å². The Balaban J connectivity index is 2.17. The fraction of sp³-hybridized carbons (Fsp3) is 0.923. The number of hydrogen-bond donors (Lipinski definition) is 2. The lowest BCUT2D eigenvalue weighted by atomic mass is 10.1. The molecule has 0 aromatic heterocycles. The average Bonchev–Trinajstić information content (AvgIpc) is 2.38. The third-order valence-electron chi connectivity index (χ3n) is 3.14. The van der Waals surface area contributed by atoms with E-state index in [4.69, 9.17) is 9.47 Å². The van der Waals surface area contributed by atoms with Gasteiger partial charge in [0, 0.05) is 32.4 Å². The molecule has 1 amide bonds. The van der Waals surface area contributed by atoms with E-state index in [2.05, 4.69) is 17.6 Å². The van der Waals surface area contributed by atoms with Crippen LogP contribution in [0.25, 0.3) is 0 Å². The van der Waals surface area contributed by atoms with Crippen molar-refractivity contribution in [2.45, 2.75) is 44.7 Å². The molecule has 1 atom stereocenters. The van der Waals surface area contributed by atoms with Gasteiger partial charge in [0.05, 0.1) is 13.2 Å². The van der Waals surface area contributed by atoms with E-state index < -0.39 is 0 Å². The highest BCUT2D eigenvalue weighted by Gasteiger charge is 2.16. The normalized spacial score (nSPS) is 18.6. The van der Waals surface area contributed by atoms with Crippen molar-refractivity contribution in [3.8, 4) is 0 Å². The summed E-state index contributed by atoms with van der Waals surface area (Å²) >= 11 is 0. The minimum atomic E-state index is 0.0686. The Labute approximate surface area is 110 Å². The minimum Gasteiger partial charge on any atom is -0.383 e. The van der Waals surface area contributed by atoms with Crippen LogP contribution < -0.4 is 10.6 Å². The molecule has 0 bridgehead atoms. The van der Waals surface area contributed by atoms with Crippen LogP contribution >= 0.6 is 0 Å². The molecule has 1 aliphatic heterocycles. The third kappa shape index (κ3) is 6.33. The summed E-state index contributed by atoms with van der Waals surface area (Å²) in [4.78, 5) is 11.8. The molecular formula is C13H26N2O3. The Morgan fingerprint density at radius 1 is 1.44 bits per heavy atom. The second-order valence-electron chi connectivity index (χ2n) is 4.78. The van der Waals surface area contributed by atoms with Gasteiger partial charge in [0.2, 0.25) is 5.91 Å². The summed E-state index contributed by atoms with van der Waals surface area (Å²) in [6, 6.07) is 0.542. The lowest BCUT2D eigenvalue weighted by Gasteiger charge is -2.24. The summed E-state index contributed by atoms with van der Waals surface area (Å²) in [5.41, 5.74) is 0. The van der Waals surface area contributed by atoms with Crippen LogP contribution in [0.15, 0.2) is 0 Å². The topological polar surface area (TPSA) is 59.6 Å². The maximum absolute atomic E-state index is 11.8. The largest absolute Gasteiger partial charge is 0.383 e. The van der Waals surface area contributed by atoms with Gasteiger partial charge in [0.1, 0.15) is 0 Å². The minimum absolute atomic E-state index is 0.0686. The third-order valence-corrected chi connectivity index (χ3v) is 3.14. The summed E-state index contributed by atoms with van der Waals surface area (Å²) in [7, 11) is 1.69. The van der Waals surface area contributed by atoms with E-state index in [1.165, 1.54) is 0 Å². The molecule has 18 heavy (non-hydrogen) atoms. The van der Waals surface area contributed by atoms with Crippen LogP contribution in [0, 0.1) is 0 Å². The molecule has 1 rings (SSSR count). The SMILES string of the molecule is CCCC(COC)NCC(=O)NC1CCOCC1. The molecule has 1 fully saturated rings. The van der Waals surface area contributed by atoms with Crippen molar-refractivity contribution in [3.63, 3.8) is 0 Å². The summed E-state index contributed by atoms with van der Waals surface area (Å²) in [5, 5.41) is 6.28.